The quantitative estimate of drug-likeness (QED) is 0.722. The third kappa shape index (κ3) is 2.45. The fourth-order valence-electron chi connectivity index (χ4n) is 1.86. The molecule has 0 saturated heterocycles. The molecule has 3 nitrogen and oxygen atoms in total. The molecule has 0 amide bonds. The third-order valence-electron chi connectivity index (χ3n) is 2.78. The molecular weight excluding hydrogens is 243 g/mol. The molecule has 0 aromatic carbocycles. The second-order valence-corrected chi connectivity index (χ2v) is 3.91. The number of nitrogens with zero attached hydrogens (tertiary/aromatic N) is 3. The van der Waals surface area contributed by atoms with Crippen LogP contribution in [0.15, 0.2) is 30.0 Å². The SMILES string of the molecule is N#Cc1cccnc1N1CC=C(C(F)(F)F)CC1. The minimum Gasteiger partial charge on any atom is -0.351 e. The predicted octanol–water partition coefficient (Wildman–Crippen LogP) is 2.65. The van der Waals surface area contributed by atoms with Gasteiger partial charge in [0.25, 0.3) is 0 Å². The van der Waals surface area contributed by atoms with Gasteiger partial charge >= 0.3 is 6.18 Å². The molecule has 0 saturated carbocycles. The Kier molecular flexibility index (Phi) is 3.24. The van der Waals surface area contributed by atoms with Crippen molar-refractivity contribution >= 4 is 5.82 Å². The number of alkyl halides is 3. The van der Waals surface area contributed by atoms with E-state index in [9.17, 15) is 13.2 Å². The third-order valence-corrected chi connectivity index (χ3v) is 2.78. The maximum Gasteiger partial charge on any atom is 0.412 e. The number of hydrogen-bond acceptors (Lipinski definition) is 3. The van der Waals surface area contributed by atoms with Crippen LogP contribution in [0.1, 0.15) is 12.0 Å². The van der Waals surface area contributed by atoms with Crippen molar-refractivity contribution in [1.82, 2.24) is 4.98 Å². The average Bonchev–Trinajstić information content (AvgIpc) is 2.38. The normalized spacial score (nSPS) is 16.1. The first-order valence-electron chi connectivity index (χ1n) is 5.38. The second kappa shape index (κ2) is 4.69. The molecule has 1 aliphatic heterocycles. The van der Waals surface area contributed by atoms with Crippen LogP contribution < -0.4 is 4.90 Å². The van der Waals surface area contributed by atoms with E-state index in [0.29, 0.717) is 11.4 Å². The lowest BCUT2D eigenvalue weighted by molar-refractivity contribution is -0.0944. The minimum absolute atomic E-state index is 0.0784. The Labute approximate surface area is 102 Å². The monoisotopic (exact) mass is 253 g/mol. The highest BCUT2D eigenvalue weighted by atomic mass is 19.4. The molecule has 0 aliphatic carbocycles. The summed E-state index contributed by atoms with van der Waals surface area (Å²) in [5, 5.41) is 8.92. The van der Waals surface area contributed by atoms with Crippen LogP contribution in [-0.4, -0.2) is 24.2 Å². The van der Waals surface area contributed by atoms with Crippen LogP contribution in [0.2, 0.25) is 0 Å². The van der Waals surface area contributed by atoms with Crippen molar-refractivity contribution in [3.8, 4) is 6.07 Å². The van der Waals surface area contributed by atoms with Crippen LogP contribution in [-0.2, 0) is 0 Å². The smallest absolute Gasteiger partial charge is 0.351 e. The lowest BCUT2D eigenvalue weighted by Crippen LogP contribution is -2.32. The molecule has 1 aliphatic rings. The number of anilines is 1. The fourth-order valence-corrected chi connectivity index (χ4v) is 1.86. The largest absolute Gasteiger partial charge is 0.412 e. The van der Waals surface area contributed by atoms with E-state index in [1.165, 1.54) is 6.20 Å². The van der Waals surface area contributed by atoms with E-state index < -0.39 is 11.7 Å². The zero-order valence-electron chi connectivity index (χ0n) is 9.41. The molecule has 0 unspecified atom stereocenters. The van der Waals surface area contributed by atoms with E-state index in [1.807, 2.05) is 6.07 Å². The summed E-state index contributed by atoms with van der Waals surface area (Å²) in [4.78, 5) is 5.73. The van der Waals surface area contributed by atoms with Crippen molar-refractivity contribution in [3.05, 3.63) is 35.5 Å². The summed E-state index contributed by atoms with van der Waals surface area (Å²) in [5.41, 5.74) is -0.130. The van der Waals surface area contributed by atoms with Crippen molar-refractivity contribution in [3.63, 3.8) is 0 Å². The number of nitriles is 1. The summed E-state index contributed by atoms with van der Waals surface area (Å²) in [7, 11) is 0. The van der Waals surface area contributed by atoms with Gasteiger partial charge in [-0.15, -0.1) is 0 Å². The van der Waals surface area contributed by atoms with Crippen molar-refractivity contribution in [2.45, 2.75) is 12.6 Å². The Morgan fingerprint density at radius 1 is 1.39 bits per heavy atom. The number of aromatic nitrogens is 1. The summed E-state index contributed by atoms with van der Waals surface area (Å²) in [6, 6.07) is 5.22. The highest BCUT2D eigenvalue weighted by molar-refractivity contribution is 5.54. The zero-order chi connectivity index (χ0) is 13.2. The Morgan fingerprint density at radius 3 is 2.72 bits per heavy atom. The number of hydrogen-bond donors (Lipinski definition) is 0. The lowest BCUT2D eigenvalue weighted by atomic mass is 10.1. The van der Waals surface area contributed by atoms with Gasteiger partial charge in [-0.1, -0.05) is 6.08 Å². The van der Waals surface area contributed by atoms with E-state index in [0.717, 1.165) is 6.08 Å². The summed E-state index contributed by atoms with van der Waals surface area (Å²) < 4.78 is 37.4. The van der Waals surface area contributed by atoms with Crippen LogP contribution in [0.5, 0.6) is 0 Å². The topological polar surface area (TPSA) is 39.9 Å². The van der Waals surface area contributed by atoms with Crippen LogP contribution in [0.4, 0.5) is 19.0 Å². The first-order chi connectivity index (χ1) is 8.52. The molecule has 0 N–H and O–H groups in total. The van der Waals surface area contributed by atoms with Gasteiger partial charge < -0.3 is 4.90 Å². The molecular formula is C12H10F3N3. The average molecular weight is 253 g/mol. The predicted molar refractivity (Wildman–Crippen MR) is 59.9 cm³/mol. The Balaban J connectivity index is 2.20. The van der Waals surface area contributed by atoms with Crippen molar-refractivity contribution in [2.24, 2.45) is 0 Å². The van der Waals surface area contributed by atoms with Gasteiger partial charge in [0, 0.05) is 24.9 Å². The molecule has 0 atom stereocenters. The van der Waals surface area contributed by atoms with E-state index >= 15 is 0 Å². The van der Waals surface area contributed by atoms with Gasteiger partial charge in [-0.05, 0) is 18.6 Å². The van der Waals surface area contributed by atoms with Crippen LogP contribution in [0.3, 0.4) is 0 Å². The first-order valence-corrected chi connectivity index (χ1v) is 5.38. The second-order valence-electron chi connectivity index (χ2n) is 3.91. The Morgan fingerprint density at radius 2 is 2.17 bits per heavy atom. The van der Waals surface area contributed by atoms with Crippen molar-refractivity contribution in [2.75, 3.05) is 18.0 Å². The van der Waals surface area contributed by atoms with Gasteiger partial charge in [-0.3, -0.25) is 0 Å². The van der Waals surface area contributed by atoms with Crippen LogP contribution in [0, 0.1) is 11.3 Å². The molecule has 94 valence electrons. The number of halogens is 3. The molecule has 18 heavy (non-hydrogen) atoms. The van der Waals surface area contributed by atoms with Gasteiger partial charge in [0.05, 0.1) is 5.56 Å². The van der Waals surface area contributed by atoms with Crippen LogP contribution >= 0.6 is 0 Å². The van der Waals surface area contributed by atoms with Crippen LogP contribution in [0.25, 0.3) is 0 Å². The van der Waals surface area contributed by atoms with Gasteiger partial charge in [0.15, 0.2) is 0 Å². The summed E-state index contributed by atoms with van der Waals surface area (Å²) in [5.74, 6) is 0.442. The van der Waals surface area contributed by atoms with Gasteiger partial charge in [-0.25, -0.2) is 4.98 Å². The molecule has 0 fully saturated rings. The van der Waals surface area contributed by atoms with Crippen molar-refractivity contribution < 1.29 is 13.2 Å². The van der Waals surface area contributed by atoms with E-state index in [1.54, 1.807) is 17.0 Å². The maximum atomic E-state index is 12.5. The van der Waals surface area contributed by atoms with Gasteiger partial charge in [-0.2, -0.15) is 18.4 Å². The summed E-state index contributed by atoms with van der Waals surface area (Å²) in [6.07, 6.45) is -1.66. The lowest BCUT2D eigenvalue weighted by Gasteiger charge is -2.28. The van der Waals surface area contributed by atoms with E-state index in [4.69, 9.17) is 5.26 Å². The molecule has 0 radical (unpaired) electrons. The highest BCUT2D eigenvalue weighted by Gasteiger charge is 2.35. The Hall–Kier alpha value is -2.03. The maximum absolute atomic E-state index is 12.5. The summed E-state index contributed by atoms with van der Waals surface area (Å²) in [6.45, 7) is 0.345. The number of rotatable bonds is 1. The molecule has 2 heterocycles. The van der Waals surface area contributed by atoms with Crippen molar-refractivity contribution in [1.29, 1.82) is 5.26 Å². The van der Waals surface area contributed by atoms with Gasteiger partial charge in [0.2, 0.25) is 0 Å². The van der Waals surface area contributed by atoms with Gasteiger partial charge in [0.1, 0.15) is 11.9 Å². The molecule has 0 bridgehead atoms. The van der Waals surface area contributed by atoms with E-state index in [2.05, 4.69) is 4.98 Å². The Bertz CT molecular complexity index is 514. The molecule has 0 spiro atoms. The first kappa shape index (κ1) is 12.4. The molecule has 2 rings (SSSR count). The number of pyridine rings is 1. The minimum atomic E-state index is -4.26. The molecule has 6 heteroatoms. The highest BCUT2D eigenvalue weighted by Crippen LogP contribution is 2.31. The summed E-state index contributed by atoms with van der Waals surface area (Å²) >= 11 is 0. The fraction of sp³-hybridized carbons (Fsp3) is 0.333. The molecule has 1 aromatic rings. The molecule has 1 aromatic heterocycles. The standard InChI is InChI=1S/C12H10F3N3/c13-12(14,15)10-3-6-18(7-4-10)11-9(8-16)2-1-5-17-11/h1-3,5H,4,6-7H2. The zero-order valence-corrected chi connectivity index (χ0v) is 9.41. The van der Waals surface area contributed by atoms with E-state index in [-0.39, 0.29) is 19.5 Å².